The lowest BCUT2D eigenvalue weighted by Crippen LogP contribution is -3.00. The van der Waals surface area contributed by atoms with Crippen LogP contribution in [0.2, 0.25) is 0 Å². The van der Waals surface area contributed by atoms with Crippen LogP contribution in [0.25, 0.3) is 0 Å². The van der Waals surface area contributed by atoms with Crippen molar-refractivity contribution in [2.45, 2.75) is 44.7 Å². The molecule has 0 heterocycles. The molecule has 0 amide bonds. The molecule has 0 N–H and O–H groups in total. The lowest BCUT2D eigenvalue weighted by atomic mass is 9.92. The van der Waals surface area contributed by atoms with Gasteiger partial charge in [0.2, 0.25) is 0 Å². The van der Waals surface area contributed by atoms with Crippen molar-refractivity contribution in [2.75, 3.05) is 14.1 Å². The molecule has 0 radical (unpaired) electrons. The third kappa shape index (κ3) is 4.01. The van der Waals surface area contributed by atoms with E-state index >= 15 is 0 Å². The maximum absolute atomic E-state index is 2.39. The van der Waals surface area contributed by atoms with Crippen LogP contribution in [0.15, 0.2) is 30.3 Å². The van der Waals surface area contributed by atoms with Crippen LogP contribution in [-0.4, -0.2) is 24.6 Å². The number of nitrogens with zero attached hydrogens (tertiary/aromatic N) is 1. The van der Waals surface area contributed by atoms with E-state index in [1.54, 1.807) is 0 Å². The summed E-state index contributed by atoms with van der Waals surface area (Å²) in [7, 11) is 4.78. The molecule has 17 heavy (non-hydrogen) atoms. The summed E-state index contributed by atoms with van der Waals surface area (Å²) >= 11 is 0. The molecule has 1 nitrogen and oxygen atoms in total. The predicted molar refractivity (Wildman–Crippen MR) is 69.1 cm³/mol. The van der Waals surface area contributed by atoms with Crippen LogP contribution in [-0.2, 0) is 6.54 Å². The number of halogens is 1. The molecule has 1 saturated carbocycles. The van der Waals surface area contributed by atoms with Crippen molar-refractivity contribution >= 4 is 0 Å². The summed E-state index contributed by atoms with van der Waals surface area (Å²) in [5, 5.41) is 0. The molecule has 0 unspecified atom stereocenters. The van der Waals surface area contributed by atoms with Gasteiger partial charge in [-0.05, 0) is 25.7 Å². The highest BCUT2D eigenvalue weighted by atomic mass is 35.5. The Hall–Kier alpha value is -0.530. The maximum atomic E-state index is 2.39. The van der Waals surface area contributed by atoms with Crippen LogP contribution in [0.1, 0.15) is 37.7 Å². The highest BCUT2D eigenvalue weighted by molar-refractivity contribution is 5.13. The van der Waals surface area contributed by atoms with Gasteiger partial charge in [-0.25, -0.2) is 0 Å². The molecule has 2 heteroatoms. The maximum Gasteiger partial charge on any atom is 0.104 e. The van der Waals surface area contributed by atoms with Gasteiger partial charge in [-0.1, -0.05) is 36.8 Å². The minimum Gasteiger partial charge on any atom is -1.00 e. The molecule has 1 aromatic carbocycles. The van der Waals surface area contributed by atoms with Gasteiger partial charge in [0.25, 0.3) is 0 Å². The summed E-state index contributed by atoms with van der Waals surface area (Å²) in [6.45, 7) is 1.17. The molecular weight excluding hydrogens is 230 g/mol. The number of quaternary nitrogens is 1. The summed E-state index contributed by atoms with van der Waals surface area (Å²) in [5.41, 5.74) is 1.47. The van der Waals surface area contributed by atoms with Gasteiger partial charge in [-0.15, -0.1) is 0 Å². The van der Waals surface area contributed by atoms with Gasteiger partial charge >= 0.3 is 0 Å². The van der Waals surface area contributed by atoms with E-state index < -0.39 is 0 Å². The van der Waals surface area contributed by atoms with Crippen molar-refractivity contribution in [2.24, 2.45) is 0 Å². The van der Waals surface area contributed by atoms with Crippen molar-refractivity contribution in [3.8, 4) is 0 Å². The average Bonchev–Trinajstić information content (AvgIpc) is 2.31. The molecule has 1 aliphatic rings. The smallest absolute Gasteiger partial charge is 0.104 e. The Morgan fingerprint density at radius 1 is 1.00 bits per heavy atom. The monoisotopic (exact) mass is 253 g/mol. The SMILES string of the molecule is C[N+](C)(Cc1ccccc1)C1CCCCC1.[Cl-]. The Bertz CT molecular complexity index is 315. The zero-order chi connectivity index (χ0) is 11.4. The normalized spacial score (nSPS) is 17.5. The molecule has 2 rings (SSSR count). The molecule has 0 aromatic heterocycles. The summed E-state index contributed by atoms with van der Waals surface area (Å²) in [6, 6.07) is 11.8. The Morgan fingerprint density at radius 2 is 1.59 bits per heavy atom. The zero-order valence-corrected chi connectivity index (χ0v) is 11.8. The standard InChI is InChI=1S/C15H24N.ClH/c1-16(2,15-11-7-4-8-12-15)13-14-9-5-3-6-10-14;/h3,5-6,9-10,15H,4,7-8,11-13H2,1-2H3;1H/q+1;/p-1. The van der Waals surface area contributed by atoms with E-state index in [1.807, 2.05) is 0 Å². The van der Waals surface area contributed by atoms with Gasteiger partial charge in [0.15, 0.2) is 0 Å². The second kappa shape index (κ2) is 6.42. The van der Waals surface area contributed by atoms with Crippen LogP contribution < -0.4 is 12.4 Å². The average molecular weight is 254 g/mol. The van der Waals surface area contributed by atoms with E-state index in [1.165, 1.54) is 44.2 Å². The minimum absolute atomic E-state index is 0. The number of hydrogen-bond acceptors (Lipinski definition) is 0. The minimum atomic E-state index is 0. The van der Waals surface area contributed by atoms with Crippen molar-refractivity contribution in [3.05, 3.63) is 35.9 Å². The lowest BCUT2D eigenvalue weighted by Gasteiger charge is -2.40. The third-order valence-corrected chi connectivity index (χ3v) is 4.00. The van der Waals surface area contributed by atoms with Crippen LogP contribution >= 0.6 is 0 Å². The van der Waals surface area contributed by atoms with Crippen molar-refractivity contribution in [1.82, 2.24) is 0 Å². The molecular formula is C15H24ClN. The summed E-state index contributed by atoms with van der Waals surface area (Å²) < 4.78 is 1.16. The zero-order valence-electron chi connectivity index (χ0n) is 11.0. The quantitative estimate of drug-likeness (QED) is 0.693. The second-order valence-corrected chi connectivity index (χ2v) is 5.71. The molecule has 0 bridgehead atoms. The van der Waals surface area contributed by atoms with Gasteiger partial charge in [-0.2, -0.15) is 0 Å². The van der Waals surface area contributed by atoms with E-state index in [4.69, 9.17) is 0 Å². The highest BCUT2D eigenvalue weighted by Gasteiger charge is 2.29. The Morgan fingerprint density at radius 3 is 2.18 bits per heavy atom. The Labute approximate surface area is 112 Å². The first-order valence-corrected chi connectivity index (χ1v) is 6.55. The van der Waals surface area contributed by atoms with Crippen LogP contribution in [0.5, 0.6) is 0 Å². The molecule has 0 saturated heterocycles. The molecule has 0 aliphatic heterocycles. The predicted octanol–water partition coefficient (Wildman–Crippen LogP) is 0.600. The topological polar surface area (TPSA) is 0 Å². The van der Waals surface area contributed by atoms with E-state index in [0.29, 0.717) is 0 Å². The number of benzene rings is 1. The molecule has 1 aromatic rings. The fraction of sp³-hybridized carbons (Fsp3) is 0.600. The molecule has 0 spiro atoms. The first-order valence-electron chi connectivity index (χ1n) is 6.55. The summed E-state index contributed by atoms with van der Waals surface area (Å²) in [5.74, 6) is 0. The summed E-state index contributed by atoms with van der Waals surface area (Å²) in [6.07, 6.45) is 7.14. The van der Waals surface area contributed by atoms with Crippen molar-refractivity contribution in [3.63, 3.8) is 0 Å². The lowest BCUT2D eigenvalue weighted by molar-refractivity contribution is -0.929. The molecule has 0 atom stereocenters. The van der Waals surface area contributed by atoms with Gasteiger partial charge < -0.3 is 16.9 Å². The second-order valence-electron chi connectivity index (χ2n) is 5.71. The van der Waals surface area contributed by atoms with Crippen molar-refractivity contribution in [1.29, 1.82) is 0 Å². The van der Waals surface area contributed by atoms with Gasteiger partial charge in [0.05, 0.1) is 20.1 Å². The van der Waals surface area contributed by atoms with Crippen LogP contribution in [0, 0.1) is 0 Å². The third-order valence-electron chi connectivity index (χ3n) is 4.00. The molecule has 96 valence electrons. The first kappa shape index (κ1) is 14.5. The Kier molecular flexibility index (Phi) is 5.48. The Balaban J connectivity index is 0.00000144. The largest absolute Gasteiger partial charge is 1.00 e. The van der Waals surface area contributed by atoms with Gasteiger partial charge in [0.1, 0.15) is 6.54 Å². The molecule has 1 fully saturated rings. The van der Waals surface area contributed by atoms with E-state index in [9.17, 15) is 0 Å². The fourth-order valence-corrected chi connectivity index (χ4v) is 2.96. The highest BCUT2D eigenvalue weighted by Crippen LogP contribution is 2.27. The van der Waals surface area contributed by atoms with Crippen LogP contribution in [0.4, 0.5) is 0 Å². The van der Waals surface area contributed by atoms with Crippen LogP contribution in [0.3, 0.4) is 0 Å². The first-order chi connectivity index (χ1) is 7.68. The molecule has 1 aliphatic carbocycles. The number of hydrogen-bond donors (Lipinski definition) is 0. The van der Waals surface area contributed by atoms with Gasteiger partial charge in [-0.3, -0.25) is 0 Å². The van der Waals surface area contributed by atoms with Gasteiger partial charge in [0, 0.05) is 5.56 Å². The van der Waals surface area contributed by atoms with E-state index in [2.05, 4.69) is 44.4 Å². The number of rotatable bonds is 3. The van der Waals surface area contributed by atoms with E-state index in [-0.39, 0.29) is 12.4 Å². The van der Waals surface area contributed by atoms with Crippen molar-refractivity contribution < 1.29 is 16.9 Å². The van der Waals surface area contributed by atoms with E-state index in [0.717, 1.165) is 10.5 Å². The fourth-order valence-electron chi connectivity index (χ4n) is 2.96. The summed E-state index contributed by atoms with van der Waals surface area (Å²) in [4.78, 5) is 0.